The van der Waals surface area contributed by atoms with Crippen molar-refractivity contribution in [3.05, 3.63) is 68.6 Å². The molecule has 1 aliphatic rings. The van der Waals surface area contributed by atoms with Gasteiger partial charge in [-0.2, -0.15) is 10.1 Å². The topological polar surface area (TPSA) is 116 Å². The number of non-ortho nitro benzene ring substituents is 1. The van der Waals surface area contributed by atoms with Crippen molar-refractivity contribution in [1.29, 1.82) is 0 Å². The third-order valence-electron chi connectivity index (χ3n) is 3.48. The number of nitro benzene ring substituents is 1. The maximum Gasteiger partial charge on any atom is 0.286 e. The Morgan fingerprint density at radius 3 is 2.70 bits per heavy atom. The summed E-state index contributed by atoms with van der Waals surface area (Å²) in [4.78, 5) is 23.1. The minimum absolute atomic E-state index is 0.0833. The molecular formula is C17H11N3O5S2. The lowest BCUT2D eigenvalue weighted by molar-refractivity contribution is -0.384. The minimum atomic E-state index is -0.517. The number of hydrogen-bond acceptors (Lipinski definition) is 8. The molecule has 2 aromatic rings. The molecule has 136 valence electrons. The highest BCUT2D eigenvalue weighted by Gasteiger charge is 2.32. The summed E-state index contributed by atoms with van der Waals surface area (Å²) >= 11 is 6.17. The summed E-state index contributed by atoms with van der Waals surface area (Å²) < 4.78 is 0.186. The number of phenols is 2. The van der Waals surface area contributed by atoms with Gasteiger partial charge in [0.05, 0.1) is 16.0 Å². The van der Waals surface area contributed by atoms with Gasteiger partial charge in [-0.3, -0.25) is 14.9 Å². The molecule has 0 spiro atoms. The van der Waals surface area contributed by atoms with Gasteiger partial charge >= 0.3 is 0 Å². The molecule has 1 aliphatic heterocycles. The number of benzene rings is 2. The van der Waals surface area contributed by atoms with Crippen molar-refractivity contribution >= 4 is 52.2 Å². The van der Waals surface area contributed by atoms with Gasteiger partial charge in [-0.25, -0.2) is 0 Å². The van der Waals surface area contributed by atoms with Crippen molar-refractivity contribution in [2.45, 2.75) is 0 Å². The van der Waals surface area contributed by atoms with E-state index in [-0.39, 0.29) is 26.4 Å². The van der Waals surface area contributed by atoms with Crippen LogP contribution < -0.4 is 0 Å². The standard InChI is InChI=1S/C17H11N3O5S2/c21-13-5-4-11(14(22)8-13)9-18-19-16(23)15(27-17(19)26)7-10-2-1-3-12(6-10)20(24)25/h1-9,21-22H/b15-7+,18-9+. The largest absolute Gasteiger partial charge is 0.508 e. The first kappa shape index (κ1) is 18.5. The van der Waals surface area contributed by atoms with Gasteiger partial charge in [0.15, 0.2) is 4.32 Å². The molecule has 8 nitrogen and oxygen atoms in total. The molecule has 1 fully saturated rings. The van der Waals surface area contributed by atoms with Crippen molar-refractivity contribution in [1.82, 2.24) is 5.01 Å². The van der Waals surface area contributed by atoms with Crippen molar-refractivity contribution in [3.63, 3.8) is 0 Å². The van der Waals surface area contributed by atoms with Crippen LogP contribution in [-0.2, 0) is 4.79 Å². The first-order chi connectivity index (χ1) is 12.8. The number of amides is 1. The Hall–Kier alpha value is -3.24. The highest BCUT2D eigenvalue weighted by molar-refractivity contribution is 8.26. The molecule has 0 aromatic heterocycles. The number of thiocarbonyl (C=S) groups is 1. The molecular weight excluding hydrogens is 390 g/mol. The summed E-state index contributed by atoms with van der Waals surface area (Å²) in [7, 11) is 0. The van der Waals surface area contributed by atoms with Gasteiger partial charge in [0, 0.05) is 23.8 Å². The normalized spacial score (nSPS) is 15.9. The van der Waals surface area contributed by atoms with Gasteiger partial charge in [0.25, 0.3) is 11.6 Å². The summed E-state index contributed by atoms with van der Waals surface area (Å²) in [6, 6.07) is 9.82. The van der Waals surface area contributed by atoms with Crippen LogP contribution in [0.2, 0.25) is 0 Å². The summed E-state index contributed by atoms with van der Waals surface area (Å²) in [6.45, 7) is 0. The molecule has 1 saturated heterocycles. The van der Waals surface area contributed by atoms with E-state index in [0.717, 1.165) is 22.8 Å². The highest BCUT2D eigenvalue weighted by Crippen LogP contribution is 2.33. The van der Waals surface area contributed by atoms with Crippen LogP contribution in [0.25, 0.3) is 6.08 Å². The Morgan fingerprint density at radius 1 is 1.22 bits per heavy atom. The predicted octanol–water partition coefficient (Wildman–Crippen LogP) is 3.24. The second-order valence-corrected chi connectivity index (χ2v) is 7.01. The molecule has 3 rings (SSSR count). The van der Waals surface area contributed by atoms with E-state index in [4.69, 9.17) is 12.2 Å². The van der Waals surface area contributed by atoms with E-state index in [0.29, 0.717) is 11.1 Å². The molecule has 1 amide bonds. The van der Waals surface area contributed by atoms with Gasteiger partial charge in [-0.1, -0.05) is 23.9 Å². The SMILES string of the molecule is O=C1/C(=C\c2cccc([N+](=O)[O-])c2)SC(=S)N1/N=C/c1ccc(O)cc1O. The predicted molar refractivity (Wildman–Crippen MR) is 105 cm³/mol. The van der Waals surface area contributed by atoms with Gasteiger partial charge in [0.1, 0.15) is 11.5 Å². The Kier molecular flexibility index (Phi) is 5.19. The molecule has 10 heteroatoms. The number of thioether (sulfide) groups is 1. The number of hydrazone groups is 1. The molecule has 0 bridgehead atoms. The zero-order valence-electron chi connectivity index (χ0n) is 13.5. The van der Waals surface area contributed by atoms with Crippen molar-refractivity contribution in [2.75, 3.05) is 0 Å². The van der Waals surface area contributed by atoms with Crippen LogP contribution in [0.4, 0.5) is 5.69 Å². The summed E-state index contributed by atoms with van der Waals surface area (Å²) in [5, 5.41) is 34.9. The molecule has 2 N–H and O–H groups in total. The molecule has 27 heavy (non-hydrogen) atoms. The molecule has 0 unspecified atom stereocenters. The van der Waals surface area contributed by atoms with Crippen LogP contribution >= 0.6 is 24.0 Å². The number of aromatic hydroxyl groups is 2. The fourth-order valence-corrected chi connectivity index (χ4v) is 3.37. The maximum absolute atomic E-state index is 12.5. The molecule has 0 radical (unpaired) electrons. The maximum atomic E-state index is 12.5. The smallest absolute Gasteiger partial charge is 0.286 e. The zero-order valence-corrected chi connectivity index (χ0v) is 15.1. The van der Waals surface area contributed by atoms with Gasteiger partial charge < -0.3 is 10.2 Å². The summed E-state index contributed by atoms with van der Waals surface area (Å²) in [5.41, 5.74) is 0.703. The first-order valence-corrected chi connectivity index (χ1v) is 8.66. The van der Waals surface area contributed by atoms with E-state index < -0.39 is 10.8 Å². The van der Waals surface area contributed by atoms with Crippen LogP contribution in [-0.4, -0.2) is 36.6 Å². The lowest BCUT2D eigenvalue weighted by Crippen LogP contribution is -2.22. The van der Waals surface area contributed by atoms with Crippen LogP contribution in [0.3, 0.4) is 0 Å². The number of phenolic OH excluding ortho intramolecular Hbond substituents is 2. The quantitative estimate of drug-likeness (QED) is 0.266. The zero-order chi connectivity index (χ0) is 19.6. The van der Waals surface area contributed by atoms with E-state index in [1.807, 2.05) is 0 Å². The first-order valence-electron chi connectivity index (χ1n) is 7.43. The van der Waals surface area contributed by atoms with Crippen molar-refractivity contribution < 1.29 is 19.9 Å². The number of carbonyl (C=O) groups excluding carboxylic acids is 1. The third-order valence-corrected chi connectivity index (χ3v) is 4.76. The third kappa shape index (κ3) is 4.13. The van der Waals surface area contributed by atoms with Crippen LogP contribution in [0.1, 0.15) is 11.1 Å². The monoisotopic (exact) mass is 401 g/mol. The highest BCUT2D eigenvalue weighted by atomic mass is 32.2. The molecule has 2 aromatic carbocycles. The van der Waals surface area contributed by atoms with E-state index in [9.17, 15) is 25.1 Å². The Balaban J connectivity index is 1.83. The van der Waals surface area contributed by atoms with E-state index >= 15 is 0 Å². The lowest BCUT2D eigenvalue weighted by atomic mass is 10.2. The van der Waals surface area contributed by atoms with Crippen LogP contribution in [0.15, 0.2) is 52.5 Å². The van der Waals surface area contributed by atoms with Crippen molar-refractivity contribution in [2.24, 2.45) is 5.10 Å². The summed E-state index contributed by atoms with van der Waals surface area (Å²) in [5.74, 6) is -0.780. The van der Waals surface area contributed by atoms with E-state index in [1.54, 1.807) is 6.07 Å². The number of nitro groups is 1. The average Bonchev–Trinajstić information content (AvgIpc) is 2.88. The fourth-order valence-electron chi connectivity index (χ4n) is 2.20. The number of nitrogens with zero attached hydrogens (tertiary/aromatic N) is 3. The van der Waals surface area contributed by atoms with Gasteiger partial charge in [-0.15, -0.1) is 0 Å². The van der Waals surface area contributed by atoms with E-state index in [2.05, 4.69) is 5.10 Å². The van der Waals surface area contributed by atoms with Crippen molar-refractivity contribution in [3.8, 4) is 11.5 Å². The van der Waals surface area contributed by atoms with Crippen LogP contribution in [0, 0.1) is 10.1 Å². The number of carbonyl (C=O) groups is 1. The molecule has 0 aliphatic carbocycles. The fraction of sp³-hybridized carbons (Fsp3) is 0. The Morgan fingerprint density at radius 2 is 2.00 bits per heavy atom. The lowest BCUT2D eigenvalue weighted by Gasteiger charge is -2.06. The second-order valence-electron chi connectivity index (χ2n) is 5.33. The molecule has 1 heterocycles. The number of hydrogen-bond donors (Lipinski definition) is 2. The number of rotatable bonds is 4. The van der Waals surface area contributed by atoms with Gasteiger partial charge in [0.2, 0.25) is 0 Å². The van der Waals surface area contributed by atoms with Crippen LogP contribution in [0.5, 0.6) is 11.5 Å². The van der Waals surface area contributed by atoms with E-state index in [1.165, 1.54) is 42.6 Å². The van der Waals surface area contributed by atoms with Gasteiger partial charge in [-0.05, 0) is 36.0 Å². The average molecular weight is 401 g/mol. The molecule has 0 atom stereocenters. The minimum Gasteiger partial charge on any atom is -0.508 e. The molecule has 0 saturated carbocycles. The summed E-state index contributed by atoms with van der Waals surface area (Å²) in [6.07, 6.45) is 2.75. The Labute approximate surface area is 162 Å². The second kappa shape index (κ2) is 7.56. The Bertz CT molecular complexity index is 1020.